The first-order valence-electron chi connectivity index (χ1n) is 4.96. The molecule has 2 rings (SSSR count). The van der Waals surface area contributed by atoms with Crippen LogP contribution in [0.1, 0.15) is 11.1 Å². The maximum atomic E-state index is 5.93. The summed E-state index contributed by atoms with van der Waals surface area (Å²) in [5.41, 5.74) is 11.4. The number of aryl methyl sites for hydroxylation is 1. The predicted molar refractivity (Wildman–Crippen MR) is 63.6 cm³/mol. The van der Waals surface area contributed by atoms with Crippen molar-refractivity contribution in [1.82, 2.24) is 4.98 Å². The Morgan fingerprint density at radius 1 is 1.07 bits per heavy atom. The topological polar surface area (TPSA) is 38.9 Å². The van der Waals surface area contributed by atoms with Crippen molar-refractivity contribution in [3.63, 3.8) is 0 Å². The van der Waals surface area contributed by atoms with E-state index in [4.69, 9.17) is 5.73 Å². The lowest BCUT2D eigenvalue weighted by Crippen LogP contribution is -1.93. The Kier molecular flexibility index (Phi) is 2.42. The summed E-state index contributed by atoms with van der Waals surface area (Å²) < 4.78 is 0. The summed E-state index contributed by atoms with van der Waals surface area (Å²) in [6.07, 6.45) is 3.53. The second-order valence-corrected chi connectivity index (χ2v) is 3.71. The fourth-order valence-corrected chi connectivity index (χ4v) is 1.67. The molecule has 15 heavy (non-hydrogen) atoms. The van der Waals surface area contributed by atoms with Gasteiger partial charge in [-0.1, -0.05) is 18.2 Å². The quantitative estimate of drug-likeness (QED) is 0.765. The van der Waals surface area contributed by atoms with Gasteiger partial charge < -0.3 is 5.73 Å². The van der Waals surface area contributed by atoms with E-state index in [0.29, 0.717) is 0 Å². The highest BCUT2D eigenvalue weighted by molar-refractivity contribution is 5.78. The number of pyridine rings is 1. The van der Waals surface area contributed by atoms with Crippen LogP contribution in [0.4, 0.5) is 5.69 Å². The van der Waals surface area contributed by atoms with Crippen LogP contribution in [-0.2, 0) is 0 Å². The number of anilines is 1. The largest absolute Gasteiger partial charge is 0.398 e. The van der Waals surface area contributed by atoms with Crippen LogP contribution >= 0.6 is 0 Å². The molecular weight excluding hydrogens is 184 g/mol. The standard InChI is InChI=1S/C13H14N2/c1-9-4-3-5-11(10(9)2)12-8-15-7-6-13(12)14/h3-8H,1-2H3,(H2,14,15). The highest BCUT2D eigenvalue weighted by Gasteiger charge is 2.06. The van der Waals surface area contributed by atoms with Crippen molar-refractivity contribution in [2.75, 3.05) is 5.73 Å². The third kappa shape index (κ3) is 1.71. The zero-order valence-electron chi connectivity index (χ0n) is 8.99. The van der Waals surface area contributed by atoms with Crippen molar-refractivity contribution < 1.29 is 0 Å². The Hall–Kier alpha value is -1.83. The van der Waals surface area contributed by atoms with Crippen LogP contribution in [-0.4, -0.2) is 4.98 Å². The molecule has 0 radical (unpaired) electrons. The van der Waals surface area contributed by atoms with Crippen LogP contribution in [0.5, 0.6) is 0 Å². The molecule has 0 aliphatic heterocycles. The normalized spacial score (nSPS) is 10.3. The third-order valence-corrected chi connectivity index (χ3v) is 2.75. The molecular formula is C13H14N2. The Morgan fingerprint density at radius 3 is 2.60 bits per heavy atom. The summed E-state index contributed by atoms with van der Waals surface area (Å²) in [5, 5.41) is 0. The molecule has 0 bridgehead atoms. The van der Waals surface area contributed by atoms with Gasteiger partial charge in [0, 0.05) is 23.6 Å². The van der Waals surface area contributed by atoms with Gasteiger partial charge in [-0.3, -0.25) is 4.98 Å². The van der Waals surface area contributed by atoms with Gasteiger partial charge in [-0.05, 0) is 36.6 Å². The van der Waals surface area contributed by atoms with E-state index in [1.165, 1.54) is 16.7 Å². The number of hydrogen-bond acceptors (Lipinski definition) is 2. The summed E-state index contributed by atoms with van der Waals surface area (Å²) in [5.74, 6) is 0. The van der Waals surface area contributed by atoms with Crippen molar-refractivity contribution in [1.29, 1.82) is 0 Å². The summed E-state index contributed by atoms with van der Waals surface area (Å²) in [7, 11) is 0. The van der Waals surface area contributed by atoms with Crippen molar-refractivity contribution in [3.8, 4) is 11.1 Å². The highest BCUT2D eigenvalue weighted by atomic mass is 14.7. The van der Waals surface area contributed by atoms with E-state index in [1.807, 2.05) is 18.3 Å². The van der Waals surface area contributed by atoms with Crippen molar-refractivity contribution in [3.05, 3.63) is 47.8 Å². The van der Waals surface area contributed by atoms with Crippen molar-refractivity contribution >= 4 is 5.69 Å². The monoisotopic (exact) mass is 198 g/mol. The van der Waals surface area contributed by atoms with Gasteiger partial charge in [-0.15, -0.1) is 0 Å². The number of nitrogen functional groups attached to an aromatic ring is 1. The minimum absolute atomic E-state index is 0.777. The minimum atomic E-state index is 0.777. The SMILES string of the molecule is Cc1cccc(-c2cnccc2N)c1C. The zero-order chi connectivity index (χ0) is 10.8. The van der Waals surface area contributed by atoms with Gasteiger partial charge >= 0.3 is 0 Å². The third-order valence-electron chi connectivity index (χ3n) is 2.75. The average Bonchev–Trinajstić information content (AvgIpc) is 2.23. The molecule has 0 saturated carbocycles. The molecule has 2 N–H and O–H groups in total. The van der Waals surface area contributed by atoms with Gasteiger partial charge in [0.15, 0.2) is 0 Å². The van der Waals surface area contributed by atoms with Gasteiger partial charge in [0.05, 0.1) is 0 Å². The van der Waals surface area contributed by atoms with Crippen LogP contribution in [0.25, 0.3) is 11.1 Å². The molecule has 0 unspecified atom stereocenters. The number of rotatable bonds is 1. The Morgan fingerprint density at radius 2 is 1.87 bits per heavy atom. The van der Waals surface area contributed by atoms with E-state index in [0.717, 1.165) is 11.3 Å². The van der Waals surface area contributed by atoms with Gasteiger partial charge in [0.25, 0.3) is 0 Å². The molecule has 0 spiro atoms. The smallest absolute Gasteiger partial charge is 0.0424 e. The van der Waals surface area contributed by atoms with Crippen LogP contribution in [0.3, 0.4) is 0 Å². The maximum absolute atomic E-state index is 5.93. The van der Waals surface area contributed by atoms with E-state index in [-0.39, 0.29) is 0 Å². The van der Waals surface area contributed by atoms with Crippen LogP contribution in [0.2, 0.25) is 0 Å². The second-order valence-electron chi connectivity index (χ2n) is 3.71. The molecule has 0 fully saturated rings. The molecule has 2 nitrogen and oxygen atoms in total. The van der Waals surface area contributed by atoms with Crippen molar-refractivity contribution in [2.24, 2.45) is 0 Å². The van der Waals surface area contributed by atoms with E-state index < -0.39 is 0 Å². The van der Waals surface area contributed by atoms with E-state index in [9.17, 15) is 0 Å². The second kappa shape index (κ2) is 3.73. The van der Waals surface area contributed by atoms with Gasteiger partial charge in [0.1, 0.15) is 0 Å². The first kappa shape index (κ1) is 9.71. The summed E-state index contributed by atoms with van der Waals surface area (Å²) >= 11 is 0. The Balaban J connectivity index is 2.65. The number of nitrogens with zero attached hydrogens (tertiary/aromatic N) is 1. The summed E-state index contributed by atoms with van der Waals surface area (Å²) in [6, 6.07) is 8.06. The summed E-state index contributed by atoms with van der Waals surface area (Å²) in [6.45, 7) is 4.21. The van der Waals surface area contributed by atoms with Crippen molar-refractivity contribution in [2.45, 2.75) is 13.8 Å². The molecule has 1 aromatic heterocycles. The average molecular weight is 198 g/mol. The Bertz CT molecular complexity index is 490. The minimum Gasteiger partial charge on any atom is -0.398 e. The lowest BCUT2D eigenvalue weighted by atomic mass is 9.97. The van der Waals surface area contributed by atoms with Crippen LogP contribution in [0, 0.1) is 13.8 Å². The Labute approximate surface area is 89.8 Å². The molecule has 76 valence electrons. The first-order valence-corrected chi connectivity index (χ1v) is 4.96. The molecule has 0 amide bonds. The van der Waals surface area contributed by atoms with E-state index >= 15 is 0 Å². The number of benzene rings is 1. The predicted octanol–water partition coefficient (Wildman–Crippen LogP) is 2.95. The lowest BCUT2D eigenvalue weighted by molar-refractivity contribution is 1.30. The number of nitrogens with two attached hydrogens (primary N) is 1. The number of hydrogen-bond donors (Lipinski definition) is 1. The molecule has 2 aromatic rings. The molecule has 1 aromatic carbocycles. The highest BCUT2D eigenvalue weighted by Crippen LogP contribution is 2.28. The fraction of sp³-hybridized carbons (Fsp3) is 0.154. The van der Waals surface area contributed by atoms with E-state index in [2.05, 4.69) is 31.0 Å². The van der Waals surface area contributed by atoms with Crippen LogP contribution in [0.15, 0.2) is 36.7 Å². The molecule has 0 saturated heterocycles. The number of aromatic nitrogens is 1. The molecule has 0 aliphatic carbocycles. The molecule has 0 atom stereocenters. The maximum Gasteiger partial charge on any atom is 0.0424 e. The lowest BCUT2D eigenvalue weighted by Gasteiger charge is -2.10. The first-order chi connectivity index (χ1) is 7.20. The van der Waals surface area contributed by atoms with Gasteiger partial charge in [-0.25, -0.2) is 0 Å². The summed E-state index contributed by atoms with van der Waals surface area (Å²) in [4.78, 5) is 4.11. The zero-order valence-corrected chi connectivity index (χ0v) is 8.99. The van der Waals surface area contributed by atoms with E-state index in [1.54, 1.807) is 6.20 Å². The molecule has 0 aliphatic rings. The van der Waals surface area contributed by atoms with Gasteiger partial charge in [-0.2, -0.15) is 0 Å². The van der Waals surface area contributed by atoms with Gasteiger partial charge in [0.2, 0.25) is 0 Å². The molecule has 2 heteroatoms. The fourth-order valence-electron chi connectivity index (χ4n) is 1.67. The van der Waals surface area contributed by atoms with Crippen LogP contribution < -0.4 is 5.73 Å². The molecule has 1 heterocycles.